The lowest BCUT2D eigenvalue weighted by atomic mass is 10.3. The fraction of sp³-hybridized carbons (Fsp3) is 0.562. The zero-order chi connectivity index (χ0) is 18.1. The lowest BCUT2D eigenvalue weighted by Gasteiger charge is -2.11. The molecule has 0 unspecified atom stereocenters. The molecule has 1 atom stereocenters. The van der Waals surface area contributed by atoms with E-state index >= 15 is 0 Å². The van der Waals surface area contributed by atoms with E-state index in [0.29, 0.717) is 12.5 Å². The average molecular weight is 413 g/mol. The summed E-state index contributed by atoms with van der Waals surface area (Å²) >= 11 is 3.07. The molecule has 1 saturated heterocycles. The highest BCUT2D eigenvalue weighted by molar-refractivity contribution is 7.99. The Morgan fingerprint density at radius 3 is 2.85 bits per heavy atom. The third-order valence-corrected chi connectivity index (χ3v) is 8.08. The van der Waals surface area contributed by atoms with Gasteiger partial charge in [-0.05, 0) is 30.7 Å². The molecular weight excluding hydrogens is 392 g/mol. The molecule has 1 amide bonds. The molecule has 0 bridgehead atoms. The number of thiophene rings is 1. The lowest BCUT2D eigenvalue weighted by molar-refractivity contribution is -0.119. The third kappa shape index (κ3) is 4.29. The van der Waals surface area contributed by atoms with Gasteiger partial charge in [0.1, 0.15) is 5.82 Å². The first-order chi connectivity index (χ1) is 12.5. The standard InChI is InChI=1S/C16H20N4O3S3/c21-15(17-11-5-7-26(22,23)10-11)9-25-16-19-18-14(20(16)12-3-4-12)8-13-2-1-6-24-13/h1-2,6,11-12H,3-5,7-10H2,(H,17,21)/t11-/m0/s1. The minimum Gasteiger partial charge on any atom is -0.352 e. The normalized spacial score (nSPS) is 21.8. The van der Waals surface area contributed by atoms with Crippen molar-refractivity contribution in [2.45, 2.75) is 42.9 Å². The molecule has 2 aromatic heterocycles. The maximum absolute atomic E-state index is 12.2. The van der Waals surface area contributed by atoms with E-state index in [0.717, 1.165) is 30.2 Å². The van der Waals surface area contributed by atoms with Crippen molar-refractivity contribution < 1.29 is 13.2 Å². The van der Waals surface area contributed by atoms with Crippen LogP contribution in [-0.4, -0.2) is 52.4 Å². The van der Waals surface area contributed by atoms with Crippen molar-refractivity contribution >= 4 is 38.8 Å². The second-order valence-corrected chi connectivity index (χ2v) is 10.9. The van der Waals surface area contributed by atoms with Crippen molar-refractivity contribution in [3.05, 3.63) is 28.2 Å². The third-order valence-electron chi connectivity index (χ3n) is 4.49. The molecule has 7 nitrogen and oxygen atoms in total. The molecule has 0 aromatic carbocycles. The zero-order valence-electron chi connectivity index (χ0n) is 14.1. The molecule has 1 N–H and O–H groups in total. The number of nitrogens with one attached hydrogen (secondary N) is 1. The Bertz CT molecular complexity index is 888. The largest absolute Gasteiger partial charge is 0.352 e. The molecule has 1 aliphatic heterocycles. The zero-order valence-corrected chi connectivity index (χ0v) is 16.6. The first-order valence-corrected chi connectivity index (χ1v) is 12.3. The van der Waals surface area contributed by atoms with Gasteiger partial charge < -0.3 is 9.88 Å². The van der Waals surface area contributed by atoms with Gasteiger partial charge in [-0.1, -0.05) is 17.8 Å². The van der Waals surface area contributed by atoms with Gasteiger partial charge >= 0.3 is 0 Å². The molecule has 10 heteroatoms. The highest BCUT2D eigenvalue weighted by Crippen LogP contribution is 2.39. The summed E-state index contributed by atoms with van der Waals surface area (Å²) in [5, 5.41) is 14.3. The number of carbonyl (C=O) groups is 1. The van der Waals surface area contributed by atoms with Gasteiger partial charge in [-0.25, -0.2) is 8.42 Å². The highest BCUT2D eigenvalue weighted by Gasteiger charge is 2.31. The molecule has 1 saturated carbocycles. The molecule has 0 radical (unpaired) electrons. The topological polar surface area (TPSA) is 93.9 Å². The van der Waals surface area contributed by atoms with Gasteiger partial charge in [-0.15, -0.1) is 21.5 Å². The van der Waals surface area contributed by atoms with Crippen LogP contribution in [0.15, 0.2) is 22.7 Å². The summed E-state index contributed by atoms with van der Waals surface area (Å²) in [5.74, 6) is 1.22. The molecule has 1 aliphatic carbocycles. The van der Waals surface area contributed by atoms with Gasteiger partial charge in [0.2, 0.25) is 5.91 Å². The summed E-state index contributed by atoms with van der Waals surface area (Å²) in [6.07, 6.45) is 3.50. The maximum Gasteiger partial charge on any atom is 0.230 e. The van der Waals surface area contributed by atoms with Crippen LogP contribution in [0.4, 0.5) is 0 Å². The predicted octanol–water partition coefficient (Wildman–Crippen LogP) is 1.66. The number of nitrogens with zero attached hydrogens (tertiary/aromatic N) is 3. The number of amides is 1. The van der Waals surface area contributed by atoms with E-state index in [1.807, 2.05) is 6.07 Å². The second-order valence-electron chi connectivity index (χ2n) is 6.71. The number of hydrogen-bond donors (Lipinski definition) is 1. The Morgan fingerprint density at radius 2 is 2.19 bits per heavy atom. The molecule has 2 aromatic rings. The summed E-state index contributed by atoms with van der Waals surface area (Å²) in [7, 11) is -2.99. The van der Waals surface area contributed by atoms with Gasteiger partial charge in [-0.2, -0.15) is 0 Å². The van der Waals surface area contributed by atoms with Crippen LogP contribution in [0.5, 0.6) is 0 Å². The lowest BCUT2D eigenvalue weighted by Crippen LogP contribution is -2.36. The molecule has 3 heterocycles. The summed E-state index contributed by atoms with van der Waals surface area (Å²) in [4.78, 5) is 13.4. The summed E-state index contributed by atoms with van der Waals surface area (Å²) in [6.45, 7) is 0. The van der Waals surface area contributed by atoms with Crippen LogP contribution < -0.4 is 5.32 Å². The van der Waals surface area contributed by atoms with Crippen molar-refractivity contribution in [2.75, 3.05) is 17.3 Å². The summed E-state index contributed by atoms with van der Waals surface area (Å²) in [5.41, 5.74) is 0. The molecule has 2 aliphatic rings. The van der Waals surface area contributed by atoms with E-state index < -0.39 is 9.84 Å². The monoisotopic (exact) mass is 412 g/mol. The first kappa shape index (κ1) is 18.0. The smallest absolute Gasteiger partial charge is 0.230 e. The van der Waals surface area contributed by atoms with Crippen molar-refractivity contribution in [1.82, 2.24) is 20.1 Å². The van der Waals surface area contributed by atoms with Gasteiger partial charge in [-0.3, -0.25) is 4.79 Å². The van der Waals surface area contributed by atoms with Crippen molar-refractivity contribution in [3.63, 3.8) is 0 Å². The summed E-state index contributed by atoms with van der Waals surface area (Å²) < 4.78 is 25.1. The molecule has 2 fully saturated rings. The Kier molecular flexibility index (Phi) is 5.07. The van der Waals surface area contributed by atoms with Gasteiger partial charge in [0, 0.05) is 23.4 Å². The van der Waals surface area contributed by atoms with E-state index in [-0.39, 0.29) is 29.2 Å². The van der Waals surface area contributed by atoms with E-state index in [2.05, 4.69) is 31.5 Å². The number of rotatable bonds is 7. The van der Waals surface area contributed by atoms with Crippen LogP contribution in [0, 0.1) is 0 Å². The molecule has 4 rings (SSSR count). The van der Waals surface area contributed by atoms with Crippen molar-refractivity contribution in [3.8, 4) is 0 Å². The maximum atomic E-state index is 12.2. The van der Waals surface area contributed by atoms with E-state index in [1.54, 1.807) is 11.3 Å². The SMILES string of the molecule is O=C(CSc1nnc(Cc2cccs2)n1C1CC1)N[C@H]1CCS(=O)(=O)C1. The van der Waals surface area contributed by atoms with Gasteiger partial charge in [0.25, 0.3) is 0 Å². The molecule has 26 heavy (non-hydrogen) atoms. The van der Waals surface area contributed by atoms with Gasteiger partial charge in [0.05, 0.1) is 17.3 Å². The fourth-order valence-electron chi connectivity index (χ4n) is 3.10. The van der Waals surface area contributed by atoms with Crippen molar-refractivity contribution in [1.29, 1.82) is 0 Å². The minimum atomic E-state index is -2.99. The van der Waals surface area contributed by atoms with Crippen molar-refractivity contribution in [2.24, 2.45) is 0 Å². The Hall–Kier alpha value is -1.39. The van der Waals surface area contributed by atoms with E-state index in [4.69, 9.17) is 0 Å². The summed E-state index contributed by atoms with van der Waals surface area (Å²) in [6, 6.07) is 4.29. The number of hydrogen-bond acceptors (Lipinski definition) is 7. The predicted molar refractivity (Wildman–Crippen MR) is 101 cm³/mol. The quantitative estimate of drug-likeness (QED) is 0.695. The van der Waals surface area contributed by atoms with Crippen LogP contribution in [-0.2, 0) is 21.1 Å². The minimum absolute atomic E-state index is 0.0482. The Balaban J connectivity index is 1.37. The van der Waals surface area contributed by atoms with Crippen LogP contribution in [0.3, 0.4) is 0 Å². The fourth-order valence-corrected chi connectivity index (χ4v) is 6.31. The van der Waals surface area contributed by atoms with Crippen LogP contribution in [0.25, 0.3) is 0 Å². The van der Waals surface area contributed by atoms with E-state index in [1.165, 1.54) is 16.6 Å². The first-order valence-electron chi connectivity index (χ1n) is 8.59. The Labute approximate surface area is 160 Å². The number of thioether (sulfide) groups is 1. The molecule has 140 valence electrons. The number of aromatic nitrogens is 3. The highest BCUT2D eigenvalue weighted by atomic mass is 32.2. The van der Waals surface area contributed by atoms with Crippen LogP contribution >= 0.6 is 23.1 Å². The second kappa shape index (κ2) is 7.32. The van der Waals surface area contributed by atoms with Gasteiger partial charge in [0.15, 0.2) is 15.0 Å². The molecule has 0 spiro atoms. The molecular formula is C16H20N4O3S3. The van der Waals surface area contributed by atoms with Crippen LogP contribution in [0.1, 0.15) is 36.0 Å². The van der Waals surface area contributed by atoms with Crippen LogP contribution in [0.2, 0.25) is 0 Å². The number of sulfone groups is 1. The van der Waals surface area contributed by atoms with E-state index in [9.17, 15) is 13.2 Å². The number of carbonyl (C=O) groups excluding carboxylic acids is 1. The average Bonchev–Trinajstić information content (AvgIpc) is 2.99. The Morgan fingerprint density at radius 1 is 1.35 bits per heavy atom.